The average Bonchev–Trinajstić information content (AvgIpc) is 3.08. The molecule has 1 N–H and O–H groups in total. The first-order valence-corrected chi connectivity index (χ1v) is 12.3. The summed E-state index contributed by atoms with van der Waals surface area (Å²) in [4.78, 5) is 26.8. The van der Waals surface area contributed by atoms with Crippen LogP contribution in [0.2, 0.25) is 0 Å². The van der Waals surface area contributed by atoms with Gasteiger partial charge in [-0.1, -0.05) is 49.4 Å². The molecule has 1 aliphatic rings. The van der Waals surface area contributed by atoms with Crippen molar-refractivity contribution in [3.05, 3.63) is 81.7 Å². The number of aromatic nitrogens is 2. The molecule has 0 bridgehead atoms. The number of carbonyl (C=O) groups is 1. The zero-order valence-corrected chi connectivity index (χ0v) is 20.8. The fourth-order valence-electron chi connectivity index (χ4n) is 4.26. The van der Waals surface area contributed by atoms with Gasteiger partial charge < -0.3 is 15.1 Å². The highest BCUT2D eigenvalue weighted by Crippen LogP contribution is 2.26. The van der Waals surface area contributed by atoms with Gasteiger partial charge in [0.15, 0.2) is 0 Å². The Balaban J connectivity index is 1.53. The maximum Gasteiger partial charge on any atom is 0.321 e. The molecular formula is C26H30BrN5O. The Hall–Kier alpha value is -2.93. The summed E-state index contributed by atoms with van der Waals surface area (Å²) in [6.07, 6.45) is 2.56. The molecule has 0 atom stereocenters. The standard InChI is InChI=1S/C26H30BrN5O/c1-3-23-21(18-20-10-5-4-6-11-20)25(29-19(2)28-23)31-14-9-15-32(17-16-31)26(33)30-24-13-8-7-12-22(24)27/h4-8,10-13H,3,9,14-18H2,1-2H3,(H,30,33). The zero-order chi connectivity index (χ0) is 23.2. The Morgan fingerprint density at radius 2 is 1.76 bits per heavy atom. The summed E-state index contributed by atoms with van der Waals surface area (Å²) in [5.41, 5.74) is 4.34. The summed E-state index contributed by atoms with van der Waals surface area (Å²) in [6, 6.07) is 18.1. The number of nitrogens with zero attached hydrogens (tertiary/aromatic N) is 4. The smallest absolute Gasteiger partial charge is 0.321 e. The van der Waals surface area contributed by atoms with E-state index in [1.165, 1.54) is 11.1 Å². The summed E-state index contributed by atoms with van der Waals surface area (Å²) in [5.74, 6) is 1.81. The van der Waals surface area contributed by atoms with E-state index in [2.05, 4.69) is 57.3 Å². The third kappa shape index (κ3) is 5.71. The van der Waals surface area contributed by atoms with E-state index in [0.717, 1.165) is 59.8 Å². The third-order valence-corrected chi connectivity index (χ3v) is 6.63. The molecule has 0 aliphatic carbocycles. The summed E-state index contributed by atoms with van der Waals surface area (Å²) in [5, 5.41) is 3.03. The van der Waals surface area contributed by atoms with Crippen molar-refractivity contribution in [1.82, 2.24) is 14.9 Å². The van der Waals surface area contributed by atoms with Gasteiger partial charge in [-0.15, -0.1) is 0 Å². The number of para-hydroxylation sites is 1. The maximum atomic E-state index is 12.9. The minimum atomic E-state index is -0.0682. The highest BCUT2D eigenvalue weighted by atomic mass is 79.9. The molecule has 1 aromatic heterocycles. The molecule has 7 heteroatoms. The van der Waals surface area contributed by atoms with Crippen LogP contribution in [0, 0.1) is 6.92 Å². The molecule has 0 saturated carbocycles. The van der Waals surface area contributed by atoms with Crippen LogP contribution in [-0.2, 0) is 12.8 Å². The summed E-state index contributed by atoms with van der Waals surface area (Å²) >= 11 is 3.50. The lowest BCUT2D eigenvalue weighted by molar-refractivity contribution is 0.215. The van der Waals surface area contributed by atoms with E-state index >= 15 is 0 Å². The molecule has 1 saturated heterocycles. The summed E-state index contributed by atoms with van der Waals surface area (Å²) in [6.45, 7) is 7.07. The van der Waals surface area contributed by atoms with E-state index in [1.54, 1.807) is 0 Å². The van der Waals surface area contributed by atoms with Crippen molar-refractivity contribution < 1.29 is 4.79 Å². The number of aryl methyl sites for hydroxylation is 2. The van der Waals surface area contributed by atoms with E-state index in [1.807, 2.05) is 42.2 Å². The van der Waals surface area contributed by atoms with Gasteiger partial charge in [0.2, 0.25) is 0 Å². The van der Waals surface area contributed by atoms with Gasteiger partial charge in [0.05, 0.1) is 5.69 Å². The molecular weight excluding hydrogens is 478 g/mol. The number of halogens is 1. The molecule has 4 rings (SSSR count). The average molecular weight is 508 g/mol. The van der Waals surface area contributed by atoms with Crippen LogP contribution in [0.4, 0.5) is 16.3 Å². The van der Waals surface area contributed by atoms with Gasteiger partial charge in [-0.05, 0) is 53.4 Å². The number of anilines is 2. The van der Waals surface area contributed by atoms with Crippen molar-refractivity contribution in [2.75, 3.05) is 36.4 Å². The van der Waals surface area contributed by atoms with E-state index in [9.17, 15) is 4.79 Å². The van der Waals surface area contributed by atoms with Crippen LogP contribution in [0.1, 0.15) is 36.0 Å². The van der Waals surface area contributed by atoms with Crippen LogP contribution in [0.5, 0.6) is 0 Å². The quantitative estimate of drug-likeness (QED) is 0.498. The number of urea groups is 1. The second-order valence-corrected chi connectivity index (χ2v) is 9.13. The van der Waals surface area contributed by atoms with Gasteiger partial charge in [0, 0.05) is 48.3 Å². The maximum absolute atomic E-state index is 12.9. The van der Waals surface area contributed by atoms with E-state index < -0.39 is 0 Å². The molecule has 3 aromatic rings. The highest BCUT2D eigenvalue weighted by Gasteiger charge is 2.24. The zero-order valence-electron chi connectivity index (χ0n) is 19.2. The molecule has 2 heterocycles. The lowest BCUT2D eigenvalue weighted by Gasteiger charge is -2.26. The van der Waals surface area contributed by atoms with Crippen LogP contribution in [0.25, 0.3) is 0 Å². The lowest BCUT2D eigenvalue weighted by Crippen LogP contribution is -2.38. The van der Waals surface area contributed by atoms with Crippen LogP contribution >= 0.6 is 15.9 Å². The SMILES string of the molecule is CCc1nc(C)nc(N2CCCN(C(=O)Nc3ccccc3Br)CC2)c1Cc1ccccc1. The fourth-order valence-corrected chi connectivity index (χ4v) is 4.65. The molecule has 33 heavy (non-hydrogen) atoms. The molecule has 172 valence electrons. The number of carbonyl (C=O) groups excluding carboxylic acids is 1. The third-order valence-electron chi connectivity index (χ3n) is 5.94. The number of hydrogen-bond donors (Lipinski definition) is 1. The van der Waals surface area contributed by atoms with Gasteiger partial charge in [-0.3, -0.25) is 0 Å². The summed E-state index contributed by atoms with van der Waals surface area (Å²) in [7, 11) is 0. The molecule has 2 amide bonds. The number of hydrogen-bond acceptors (Lipinski definition) is 4. The first-order valence-electron chi connectivity index (χ1n) is 11.5. The molecule has 1 aliphatic heterocycles. The second-order valence-electron chi connectivity index (χ2n) is 8.27. The number of amides is 2. The Bertz CT molecular complexity index is 1110. The van der Waals surface area contributed by atoms with Crippen molar-refractivity contribution in [2.45, 2.75) is 33.1 Å². The monoisotopic (exact) mass is 507 g/mol. The second kappa shape index (κ2) is 10.8. The summed E-state index contributed by atoms with van der Waals surface area (Å²) < 4.78 is 0.879. The van der Waals surface area contributed by atoms with E-state index in [4.69, 9.17) is 9.97 Å². The van der Waals surface area contributed by atoms with Crippen molar-refractivity contribution in [3.63, 3.8) is 0 Å². The van der Waals surface area contributed by atoms with Crippen LogP contribution < -0.4 is 10.2 Å². The highest BCUT2D eigenvalue weighted by molar-refractivity contribution is 9.10. The van der Waals surface area contributed by atoms with Crippen LogP contribution in [0.15, 0.2) is 59.1 Å². The van der Waals surface area contributed by atoms with Crippen molar-refractivity contribution in [2.24, 2.45) is 0 Å². The van der Waals surface area contributed by atoms with Gasteiger partial charge >= 0.3 is 6.03 Å². The predicted molar refractivity (Wildman–Crippen MR) is 137 cm³/mol. The molecule has 0 radical (unpaired) electrons. The van der Waals surface area contributed by atoms with Crippen molar-refractivity contribution in [1.29, 1.82) is 0 Å². The van der Waals surface area contributed by atoms with Crippen molar-refractivity contribution >= 4 is 33.5 Å². The minimum absolute atomic E-state index is 0.0682. The van der Waals surface area contributed by atoms with Gasteiger partial charge in [0.25, 0.3) is 0 Å². The lowest BCUT2D eigenvalue weighted by atomic mass is 10.0. The topological polar surface area (TPSA) is 61.4 Å². The predicted octanol–water partition coefficient (Wildman–Crippen LogP) is 5.44. The largest absolute Gasteiger partial charge is 0.354 e. The van der Waals surface area contributed by atoms with Crippen LogP contribution in [0.3, 0.4) is 0 Å². The van der Waals surface area contributed by atoms with E-state index in [-0.39, 0.29) is 6.03 Å². The Morgan fingerprint density at radius 3 is 2.52 bits per heavy atom. The Kier molecular flexibility index (Phi) is 7.60. The van der Waals surface area contributed by atoms with Crippen LogP contribution in [-0.4, -0.2) is 47.1 Å². The van der Waals surface area contributed by atoms with Crippen molar-refractivity contribution in [3.8, 4) is 0 Å². The molecule has 6 nitrogen and oxygen atoms in total. The minimum Gasteiger partial charge on any atom is -0.354 e. The first-order chi connectivity index (χ1) is 16.0. The molecule has 1 fully saturated rings. The Labute approximate surface area is 204 Å². The molecule has 2 aromatic carbocycles. The molecule has 0 spiro atoms. The first kappa shape index (κ1) is 23.2. The van der Waals surface area contributed by atoms with E-state index in [0.29, 0.717) is 13.1 Å². The number of benzene rings is 2. The van der Waals surface area contributed by atoms with Gasteiger partial charge in [-0.2, -0.15) is 0 Å². The normalized spacial score (nSPS) is 14.2. The number of rotatable bonds is 5. The number of nitrogens with one attached hydrogen (secondary N) is 1. The Morgan fingerprint density at radius 1 is 1.00 bits per heavy atom. The molecule has 0 unspecified atom stereocenters. The van der Waals surface area contributed by atoms with Gasteiger partial charge in [0.1, 0.15) is 11.6 Å². The fraction of sp³-hybridized carbons (Fsp3) is 0.346. The van der Waals surface area contributed by atoms with Gasteiger partial charge in [-0.25, -0.2) is 14.8 Å².